The number of anilines is 1. The average molecular weight is 464 g/mol. The number of halogens is 1. The minimum Gasteiger partial charge on any atom is -0.480 e. The fourth-order valence-corrected chi connectivity index (χ4v) is 4.21. The second-order valence-electron chi connectivity index (χ2n) is 8.21. The molecule has 2 amide bonds. The van der Waals surface area contributed by atoms with Crippen LogP contribution in [-0.2, 0) is 11.3 Å². The molecule has 1 aliphatic rings. The van der Waals surface area contributed by atoms with E-state index < -0.39 is 12.0 Å². The predicted octanol–water partition coefficient (Wildman–Crippen LogP) is 4.72. The summed E-state index contributed by atoms with van der Waals surface area (Å²) in [5.41, 5.74) is 3.89. The zero-order valence-electron chi connectivity index (χ0n) is 18.1. The summed E-state index contributed by atoms with van der Waals surface area (Å²) in [6.07, 6.45) is 1.51. The van der Waals surface area contributed by atoms with Crippen molar-refractivity contribution in [3.05, 3.63) is 82.6 Å². The molecule has 0 saturated heterocycles. The Kier molecular flexibility index (Phi) is 6.16. The second-order valence-corrected chi connectivity index (χ2v) is 8.56. The lowest BCUT2D eigenvalue weighted by Crippen LogP contribution is -2.44. The fraction of sp³-hybridized carbons (Fsp3) is 0.200. The van der Waals surface area contributed by atoms with E-state index in [4.69, 9.17) is 11.6 Å². The van der Waals surface area contributed by atoms with Gasteiger partial charge in [-0.15, -0.1) is 0 Å². The van der Waals surface area contributed by atoms with E-state index in [9.17, 15) is 19.5 Å². The van der Waals surface area contributed by atoms with Gasteiger partial charge in [0.25, 0.3) is 11.8 Å². The molecule has 168 valence electrons. The molecule has 2 aromatic carbocycles. The van der Waals surface area contributed by atoms with Gasteiger partial charge in [-0.2, -0.15) is 0 Å². The molecule has 0 aliphatic carbocycles. The Morgan fingerprint density at radius 1 is 1.09 bits per heavy atom. The quantitative estimate of drug-likeness (QED) is 0.515. The Bertz CT molecular complexity index is 1240. The smallest absolute Gasteiger partial charge is 0.326 e. The van der Waals surface area contributed by atoms with Crippen molar-refractivity contribution < 1.29 is 19.5 Å². The van der Waals surface area contributed by atoms with Gasteiger partial charge in [-0.05, 0) is 52.9 Å². The van der Waals surface area contributed by atoms with Crippen molar-refractivity contribution in [1.82, 2.24) is 9.88 Å². The van der Waals surface area contributed by atoms with Crippen LogP contribution in [0.15, 0.2) is 60.8 Å². The molecule has 7 nitrogen and oxygen atoms in total. The Morgan fingerprint density at radius 3 is 2.42 bits per heavy atom. The standard InChI is InChI=1S/C25H22ClN3O4/c1-14(2)21(25(32)33)29-13-17-6-5-16(12-20(17)24(29)31)15-7-9-18(10-8-15)28-23(30)19-4-3-11-27-22(19)26/h3-12,14,21H,13H2,1-2H3,(H,28,30)(H,32,33)/t21-/m0/s1. The van der Waals surface area contributed by atoms with Gasteiger partial charge in [0.05, 0.1) is 5.56 Å². The molecule has 0 unspecified atom stereocenters. The number of benzene rings is 2. The maximum Gasteiger partial charge on any atom is 0.326 e. The van der Waals surface area contributed by atoms with Crippen molar-refractivity contribution in [3.8, 4) is 11.1 Å². The highest BCUT2D eigenvalue weighted by molar-refractivity contribution is 6.33. The molecule has 2 heterocycles. The van der Waals surface area contributed by atoms with Crippen molar-refractivity contribution in [1.29, 1.82) is 0 Å². The van der Waals surface area contributed by atoms with Gasteiger partial charge in [0.1, 0.15) is 11.2 Å². The zero-order valence-corrected chi connectivity index (χ0v) is 18.8. The molecule has 2 N–H and O–H groups in total. The number of carbonyl (C=O) groups is 3. The van der Waals surface area contributed by atoms with Gasteiger partial charge in [0, 0.05) is 24.0 Å². The fourth-order valence-electron chi connectivity index (χ4n) is 4.01. The van der Waals surface area contributed by atoms with Gasteiger partial charge in [-0.25, -0.2) is 9.78 Å². The number of aliphatic carboxylic acids is 1. The number of pyridine rings is 1. The largest absolute Gasteiger partial charge is 0.480 e. The van der Waals surface area contributed by atoms with E-state index in [1.54, 1.807) is 44.2 Å². The van der Waals surface area contributed by atoms with Crippen LogP contribution in [0.3, 0.4) is 0 Å². The molecule has 0 spiro atoms. The lowest BCUT2D eigenvalue weighted by Gasteiger charge is -2.27. The molecule has 1 aliphatic heterocycles. The second kappa shape index (κ2) is 9.03. The molecule has 0 bridgehead atoms. The van der Waals surface area contributed by atoms with E-state index in [-0.39, 0.29) is 35.0 Å². The van der Waals surface area contributed by atoms with Crippen LogP contribution in [0.1, 0.15) is 40.1 Å². The lowest BCUT2D eigenvalue weighted by atomic mass is 10.00. The molecule has 33 heavy (non-hydrogen) atoms. The van der Waals surface area contributed by atoms with Gasteiger partial charge in [-0.1, -0.05) is 49.7 Å². The number of aromatic nitrogens is 1. The number of fused-ring (bicyclic) bond motifs is 1. The molecule has 3 aromatic rings. The molecule has 1 aromatic heterocycles. The van der Waals surface area contributed by atoms with Gasteiger partial charge in [0.2, 0.25) is 0 Å². The minimum absolute atomic E-state index is 0.131. The highest BCUT2D eigenvalue weighted by atomic mass is 35.5. The number of carboxylic acid groups (broad SMARTS) is 1. The summed E-state index contributed by atoms with van der Waals surface area (Å²) in [5, 5.41) is 12.5. The van der Waals surface area contributed by atoms with Crippen molar-refractivity contribution >= 4 is 35.1 Å². The van der Waals surface area contributed by atoms with E-state index in [1.165, 1.54) is 11.1 Å². The topological polar surface area (TPSA) is 99.6 Å². The number of rotatable bonds is 6. The maximum atomic E-state index is 13.0. The first-order valence-electron chi connectivity index (χ1n) is 10.4. The monoisotopic (exact) mass is 463 g/mol. The Balaban J connectivity index is 1.53. The number of hydrogen-bond acceptors (Lipinski definition) is 4. The molecular weight excluding hydrogens is 442 g/mol. The van der Waals surface area contributed by atoms with Crippen LogP contribution < -0.4 is 5.32 Å². The number of amides is 2. The number of carboxylic acids is 1. The molecule has 0 fully saturated rings. The lowest BCUT2D eigenvalue weighted by molar-refractivity contribution is -0.144. The van der Waals surface area contributed by atoms with Crippen LogP contribution in [0.4, 0.5) is 5.69 Å². The van der Waals surface area contributed by atoms with Crippen LogP contribution in [-0.4, -0.2) is 38.8 Å². The van der Waals surface area contributed by atoms with Crippen molar-refractivity contribution in [2.75, 3.05) is 5.32 Å². The van der Waals surface area contributed by atoms with E-state index in [0.717, 1.165) is 16.7 Å². The first-order chi connectivity index (χ1) is 15.8. The van der Waals surface area contributed by atoms with Gasteiger partial charge in [0.15, 0.2) is 0 Å². The summed E-state index contributed by atoms with van der Waals surface area (Å²) in [7, 11) is 0. The van der Waals surface area contributed by atoms with Crippen LogP contribution in [0.5, 0.6) is 0 Å². The summed E-state index contributed by atoms with van der Waals surface area (Å²) >= 11 is 5.98. The summed E-state index contributed by atoms with van der Waals surface area (Å²) in [6.45, 7) is 3.87. The van der Waals surface area contributed by atoms with Crippen LogP contribution in [0, 0.1) is 5.92 Å². The summed E-state index contributed by atoms with van der Waals surface area (Å²) < 4.78 is 0. The minimum atomic E-state index is -1.00. The Labute approximate surface area is 196 Å². The predicted molar refractivity (Wildman–Crippen MR) is 125 cm³/mol. The average Bonchev–Trinajstić information content (AvgIpc) is 3.09. The maximum absolute atomic E-state index is 13.0. The molecule has 0 saturated carbocycles. The van der Waals surface area contributed by atoms with Gasteiger partial charge in [-0.3, -0.25) is 9.59 Å². The molecule has 8 heteroatoms. The first-order valence-corrected chi connectivity index (χ1v) is 10.8. The van der Waals surface area contributed by atoms with E-state index in [0.29, 0.717) is 11.3 Å². The van der Waals surface area contributed by atoms with E-state index in [2.05, 4.69) is 10.3 Å². The number of hydrogen-bond donors (Lipinski definition) is 2. The summed E-state index contributed by atoms with van der Waals surface area (Å²) in [6, 6.07) is 15.1. The van der Waals surface area contributed by atoms with Crippen molar-refractivity contribution in [2.24, 2.45) is 5.92 Å². The third-order valence-corrected chi connectivity index (χ3v) is 5.94. The normalized spacial score (nSPS) is 13.7. The molecule has 0 radical (unpaired) electrons. The first kappa shape index (κ1) is 22.5. The van der Waals surface area contributed by atoms with Crippen LogP contribution in [0.2, 0.25) is 5.15 Å². The highest BCUT2D eigenvalue weighted by Crippen LogP contribution is 2.31. The third-order valence-electron chi connectivity index (χ3n) is 5.64. The SMILES string of the molecule is CC(C)[C@@H](C(=O)O)N1Cc2ccc(-c3ccc(NC(=O)c4cccnc4Cl)cc3)cc2C1=O. The van der Waals surface area contributed by atoms with Crippen LogP contribution in [0.25, 0.3) is 11.1 Å². The molecular formula is C25H22ClN3O4. The number of nitrogens with one attached hydrogen (secondary N) is 1. The number of nitrogens with zero attached hydrogens (tertiary/aromatic N) is 2. The van der Waals surface area contributed by atoms with E-state index in [1.807, 2.05) is 24.3 Å². The van der Waals surface area contributed by atoms with Gasteiger partial charge >= 0.3 is 5.97 Å². The van der Waals surface area contributed by atoms with Crippen molar-refractivity contribution in [3.63, 3.8) is 0 Å². The van der Waals surface area contributed by atoms with Crippen molar-refractivity contribution in [2.45, 2.75) is 26.4 Å². The summed E-state index contributed by atoms with van der Waals surface area (Å²) in [5.74, 6) is -1.84. The Hall–Kier alpha value is -3.71. The molecule has 4 rings (SSSR count). The van der Waals surface area contributed by atoms with Crippen LogP contribution >= 0.6 is 11.6 Å². The Morgan fingerprint density at radius 2 is 1.79 bits per heavy atom. The summed E-state index contributed by atoms with van der Waals surface area (Å²) in [4.78, 5) is 42.4. The van der Waals surface area contributed by atoms with E-state index >= 15 is 0 Å². The zero-order chi connectivity index (χ0) is 23.7. The van der Waals surface area contributed by atoms with Gasteiger partial charge < -0.3 is 15.3 Å². The molecule has 1 atom stereocenters. The third kappa shape index (κ3) is 4.45. The highest BCUT2D eigenvalue weighted by Gasteiger charge is 2.38. The number of carbonyl (C=O) groups excluding carboxylic acids is 2.